The second-order valence-electron chi connectivity index (χ2n) is 6.70. The number of allylic oxidation sites excluding steroid dienone is 2. The number of esters is 2. The molecule has 0 aromatic heterocycles. The summed E-state index contributed by atoms with van der Waals surface area (Å²) in [4.78, 5) is 35.4. The molecule has 2 aliphatic rings. The third-order valence-corrected chi connectivity index (χ3v) is 4.38. The molecule has 5 heteroatoms. The lowest BCUT2D eigenvalue weighted by Crippen LogP contribution is -2.34. The highest BCUT2D eigenvalue weighted by molar-refractivity contribution is 5.91. The van der Waals surface area contributed by atoms with Gasteiger partial charge in [-0.2, -0.15) is 0 Å². The van der Waals surface area contributed by atoms with Crippen molar-refractivity contribution in [2.24, 2.45) is 11.8 Å². The van der Waals surface area contributed by atoms with Crippen LogP contribution in [0.15, 0.2) is 35.5 Å². The average molecular weight is 332 g/mol. The normalized spacial score (nSPS) is 32.1. The van der Waals surface area contributed by atoms with Crippen molar-refractivity contribution in [3.63, 3.8) is 0 Å². The van der Waals surface area contributed by atoms with Gasteiger partial charge in [0.25, 0.3) is 0 Å². The molecule has 1 heterocycles. The highest BCUT2D eigenvalue weighted by atomic mass is 16.6. The van der Waals surface area contributed by atoms with Crippen LogP contribution in [-0.2, 0) is 23.9 Å². The molecule has 0 spiro atoms. The summed E-state index contributed by atoms with van der Waals surface area (Å²) in [7, 11) is 0. The minimum Gasteiger partial charge on any atom is -0.461 e. The monoisotopic (exact) mass is 332 g/mol. The van der Waals surface area contributed by atoms with Gasteiger partial charge in [0.15, 0.2) is 0 Å². The third-order valence-electron chi connectivity index (χ3n) is 4.38. The SMILES string of the molecule is C=C1C(=O)OC2/C=C(\C)CC/C=C(/C=O)CC(OC(=O)C(C)C)C12. The number of hydrogen-bond acceptors (Lipinski definition) is 5. The first-order chi connectivity index (χ1) is 11.3. The Morgan fingerprint density at radius 1 is 1.46 bits per heavy atom. The van der Waals surface area contributed by atoms with E-state index in [1.54, 1.807) is 13.8 Å². The van der Waals surface area contributed by atoms with Crippen molar-refractivity contribution in [2.45, 2.75) is 52.2 Å². The zero-order chi connectivity index (χ0) is 17.9. The molecule has 0 amide bonds. The second kappa shape index (κ2) is 7.60. The number of carbonyl (C=O) groups excluding carboxylic acids is 3. The predicted molar refractivity (Wildman–Crippen MR) is 89.0 cm³/mol. The molecule has 3 unspecified atom stereocenters. The maximum Gasteiger partial charge on any atom is 0.334 e. The molecule has 0 saturated carbocycles. The molecule has 0 aromatic rings. The number of hydrogen-bond donors (Lipinski definition) is 0. The first-order valence-corrected chi connectivity index (χ1v) is 8.25. The van der Waals surface area contributed by atoms with Crippen LogP contribution in [0.5, 0.6) is 0 Å². The van der Waals surface area contributed by atoms with Gasteiger partial charge in [-0.1, -0.05) is 32.1 Å². The van der Waals surface area contributed by atoms with E-state index in [4.69, 9.17) is 9.47 Å². The minimum absolute atomic E-state index is 0.256. The lowest BCUT2D eigenvalue weighted by atomic mass is 9.85. The van der Waals surface area contributed by atoms with Gasteiger partial charge in [0.1, 0.15) is 18.5 Å². The summed E-state index contributed by atoms with van der Waals surface area (Å²) in [5.41, 5.74) is 1.92. The highest BCUT2D eigenvalue weighted by Crippen LogP contribution is 2.36. The zero-order valence-corrected chi connectivity index (χ0v) is 14.4. The number of aldehydes is 1. The Morgan fingerprint density at radius 2 is 2.17 bits per heavy atom. The van der Waals surface area contributed by atoms with Gasteiger partial charge in [-0.05, 0) is 31.4 Å². The number of ether oxygens (including phenoxy) is 2. The van der Waals surface area contributed by atoms with E-state index in [1.807, 2.05) is 19.1 Å². The summed E-state index contributed by atoms with van der Waals surface area (Å²) in [6.45, 7) is 9.26. The van der Waals surface area contributed by atoms with Crippen LogP contribution in [-0.4, -0.2) is 30.4 Å². The van der Waals surface area contributed by atoms with Gasteiger partial charge in [-0.3, -0.25) is 9.59 Å². The van der Waals surface area contributed by atoms with Crippen molar-refractivity contribution in [3.05, 3.63) is 35.5 Å². The van der Waals surface area contributed by atoms with E-state index >= 15 is 0 Å². The standard InChI is InChI=1S/C19H24O5/c1-11(2)18(21)23-16-9-14(10-20)7-5-6-12(3)8-15-17(16)13(4)19(22)24-15/h7-8,10-11,15-17H,4-6,9H2,1-3H3/b12-8+,14-7+. The smallest absolute Gasteiger partial charge is 0.334 e. The molecule has 0 bridgehead atoms. The maximum atomic E-state index is 12.1. The van der Waals surface area contributed by atoms with E-state index in [0.717, 1.165) is 18.3 Å². The second-order valence-corrected chi connectivity index (χ2v) is 6.70. The van der Waals surface area contributed by atoms with Crippen molar-refractivity contribution in [1.82, 2.24) is 0 Å². The Bertz CT molecular complexity index is 611. The molecule has 1 aliphatic carbocycles. The zero-order valence-electron chi connectivity index (χ0n) is 14.4. The van der Waals surface area contributed by atoms with Crippen LogP contribution in [0.1, 0.15) is 40.0 Å². The molecule has 0 aromatic carbocycles. The first-order valence-electron chi connectivity index (χ1n) is 8.25. The van der Waals surface area contributed by atoms with Gasteiger partial charge in [0.05, 0.1) is 11.8 Å². The summed E-state index contributed by atoms with van der Waals surface area (Å²) >= 11 is 0. The van der Waals surface area contributed by atoms with Gasteiger partial charge in [0, 0.05) is 12.0 Å². The van der Waals surface area contributed by atoms with Crippen molar-refractivity contribution >= 4 is 18.2 Å². The molecular weight excluding hydrogens is 308 g/mol. The molecule has 1 saturated heterocycles. The van der Waals surface area contributed by atoms with Gasteiger partial charge in [0.2, 0.25) is 0 Å². The molecule has 1 fully saturated rings. The summed E-state index contributed by atoms with van der Waals surface area (Å²) in [6.07, 6.45) is 5.13. The third kappa shape index (κ3) is 4.02. The first kappa shape index (κ1) is 18.2. The van der Waals surface area contributed by atoms with Gasteiger partial charge < -0.3 is 9.47 Å². The summed E-state index contributed by atoms with van der Waals surface area (Å²) < 4.78 is 11.0. The fourth-order valence-electron chi connectivity index (χ4n) is 2.97. The minimum atomic E-state index is -0.651. The largest absolute Gasteiger partial charge is 0.461 e. The molecule has 1 aliphatic heterocycles. The van der Waals surface area contributed by atoms with E-state index in [9.17, 15) is 14.4 Å². The summed E-state index contributed by atoms with van der Waals surface area (Å²) in [6, 6.07) is 0. The Morgan fingerprint density at radius 3 is 2.79 bits per heavy atom. The highest BCUT2D eigenvalue weighted by Gasteiger charge is 2.44. The van der Waals surface area contributed by atoms with Crippen molar-refractivity contribution < 1.29 is 23.9 Å². The van der Waals surface area contributed by atoms with E-state index in [1.165, 1.54) is 0 Å². The van der Waals surface area contributed by atoms with Crippen LogP contribution in [0.3, 0.4) is 0 Å². The molecule has 130 valence electrons. The van der Waals surface area contributed by atoms with Crippen LogP contribution in [0.25, 0.3) is 0 Å². The lowest BCUT2D eigenvalue weighted by Gasteiger charge is -2.27. The molecule has 0 N–H and O–H groups in total. The van der Waals surface area contributed by atoms with Crippen LogP contribution in [0.2, 0.25) is 0 Å². The van der Waals surface area contributed by atoms with E-state index in [0.29, 0.717) is 12.0 Å². The molecular formula is C19H24O5. The Labute approximate surface area is 142 Å². The van der Waals surface area contributed by atoms with Gasteiger partial charge in [-0.25, -0.2) is 4.79 Å². The van der Waals surface area contributed by atoms with E-state index in [-0.39, 0.29) is 23.9 Å². The van der Waals surface area contributed by atoms with Crippen LogP contribution < -0.4 is 0 Å². The summed E-state index contributed by atoms with van der Waals surface area (Å²) in [5, 5.41) is 0. The molecule has 24 heavy (non-hydrogen) atoms. The molecule has 3 atom stereocenters. The van der Waals surface area contributed by atoms with E-state index in [2.05, 4.69) is 6.58 Å². The molecule has 2 rings (SSSR count). The number of fused-ring (bicyclic) bond motifs is 1. The topological polar surface area (TPSA) is 69.7 Å². The lowest BCUT2D eigenvalue weighted by molar-refractivity contribution is -0.155. The van der Waals surface area contributed by atoms with Crippen LogP contribution >= 0.6 is 0 Å². The van der Waals surface area contributed by atoms with Crippen LogP contribution in [0, 0.1) is 11.8 Å². The fraction of sp³-hybridized carbons (Fsp3) is 0.526. The summed E-state index contributed by atoms with van der Waals surface area (Å²) in [5.74, 6) is -1.62. The number of carbonyl (C=O) groups is 3. The number of rotatable bonds is 3. The quantitative estimate of drug-likeness (QED) is 0.344. The van der Waals surface area contributed by atoms with E-state index < -0.39 is 24.1 Å². The Hall–Kier alpha value is -2.17. The Kier molecular flexibility index (Phi) is 5.75. The van der Waals surface area contributed by atoms with Crippen molar-refractivity contribution in [3.8, 4) is 0 Å². The Balaban J connectivity index is 2.41. The van der Waals surface area contributed by atoms with Gasteiger partial charge in [-0.15, -0.1) is 0 Å². The van der Waals surface area contributed by atoms with Crippen LogP contribution in [0.4, 0.5) is 0 Å². The predicted octanol–water partition coefficient (Wildman–Crippen LogP) is 2.91. The average Bonchev–Trinajstić information content (AvgIpc) is 2.79. The molecule has 0 radical (unpaired) electrons. The van der Waals surface area contributed by atoms with Crippen molar-refractivity contribution in [2.75, 3.05) is 0 Å². The van der Waals surface area contributed by atoms with Gasteiger partial charge >= 0.3 is 11.9 Å². The molecule has 5 nitrogen and oxygen atoms in total. The van der Waals surface area contributed by atoms with Crippen molar-refractivity contribution in [1.29, 1.82) is 0 Å². The fourth-order valence-corrected chi connectivity index (χ4v) is 2.97. The maximum absolute atomic E-state index is 12.1.